The normalized spacial score (nSPS) is 15.1. The molecule has 3 heteroatoms. The van der Waals surface area contributed by atoms with E-state index in [4.69, 9.17) is 10.5 Å². The molecule has 84 valence electrons. The van der Waals surface area contributed by atoms with Gasteiger partial charge in [0.25, 0.3) is 0 Å². The van der Waals surface area contributed by atoms with E-state index in [2.05, 4.69) is 36.1 Å². The predicted octanol–water partition coefficient (Wildman–Crippen LogP) is 1.63. The lowest BCUT2D eigenvalue weighted by Gasteiger charge is -2.25. The van der Waals surface area contributed by atoms with E-state index in [0.717, 1.165) is 24.5 Å². The Kier molecular flexibility index (Phi) is 4.29. The zero-order valence-electron chi connectivity index (χ0n) is 9.11. The van der Waals surface area contributed by atoms with Crippen molar-refractivity contribution in [2.75, 3.05) is 19.8 Å². The fraction of sp³-hybridized carbons (Fsp3) is 0.385. The molecule has 1 aromatic carbocycles. The van der Waals surface area contributed by atoms with Gasteiger partial charge in [0.2, 0.25) is 0 Å². The van der Waals surface area contributed by atoms with Crippen molar-refractivity contribution >= 4 is 11.8 Å². The molecule has 16 heavy (non-hydrogen) atoms. The first-order valence-corrected chi connectivity index (χ1v) is 6.40. The van der Waals surface area contributed by atoms with Crippen LogP contribution in [0.3, 0.4) is 0 Å². The van der Waals surface area contributed by atoms with Crippen molar-refractivity contribution in [1.29, 1.82) is 0 Å². The second-order valence-electron chi connectivity index (χ2n) is 3.67. The van der Waals surface area contributed by atoms with Crippen LogP contribution in [-0.2, 0) is 10.5 Å². The molecular weight excluding hydrogens is 218 g/mol. The molecule has 1 heterocycles. The maximum Gasteiger partial charge on any atom is 0.0608 e. The SMILES string of the molecule is NCC#Cc1ccc(CSC2COC2)cc1. The van der Waals surface area contributed by atoms with Crippen LogP contribution in [0.2, 0.25) is 0 Å². The lowest BCUT2D eigenvalue weighted by Crippen LogP contribution is -2.30. The molecule has 2 nitrogen and oxygen atoms in total. The Labute approximate surface area is 101 Å². The van der Waals surface area contributed by atoms with E-state index in [-0.39, 0.29) is 0 Å². The van der Waals surface area contributed by atoms with E-state index in [1.807, 2.05) is 11.8 Å². The van der Waals surface area contributed by atoms with Crippen LogP contribution in [0.1, 0.15) is 11.1 Å². The third kappa shape index (κ3) is 3.28. The molecule has 0 unspecified atom stereocenters. The topological polar surface area (TPSA) is 35.2 Å². The molecule has 2 rings (SSSR count). The summed E-state index contributed by atoms with van der Waals surface area (Å²) in [6, 6.07) is 8.37. The fourth-order valence-electron chi connectivity index (χ4n) is 1.36. The molecular formula is C13H15NOS. The van der Waals surface area contributed by atoms with Crippen molar-refractivity contribution in [2.24, 2.45) is 5.73 Å². The summed E-state index contributed by atoms with van der Waals surface area (Å²) in [6.07, 6.45) is 0. The van der Waals surface area contributed by atoms with Gasteiger partial charge in [0.15, 0.2) is 0 Å². The lowest BCUT2D eigenvalue weighted by atomic mass is 10.1. The molecule has 0 bridgehead atoms. The van der Waals surface area contributed by atoms with E-state index < -0.39 is 0 Å². The van der Waals surface area contributed by atoms with Gasteiger partial charge in [-0.15, -0.1) is 11.8 Å². The van der Waals surface area contributed by atoms with Crippen molar-refractivity contribution in [3.8, 4) is 11.8 Å². The van der Waals surface area contributed by atoms with E-state index in [0.29, 0.717) is 11.8 Å². The van der Waals surface area contributed by atoms with Crippen molar-refractivity contribution in [2.45, 2.75) is 11.0 Å². The average Bonchev–Trinajstić information content (AvgIpc) is 2.26. The van der Waals surface area contributed by atoms with Gasteiger partial charge in [-0.3, -0.25) is 0 Å². The molecule has 0 aromatic heterocycles. The minimum atomic E-state index is 0.416. The van der Waals surface area contributed by atoms with Crippen LogP contribution >= 0.6 is 11.8 Å². The zero-order chi connectivity index (χ0) is 11.2. The van der Waals surface area contributed by atoms with Gasteiger partial charge >= 0.3 is 0 Å². The molecule has 1 aromatic rings. The highest BCUT2D eigenvalue weighted by Crippen LogP contribution is 2.23. The number of thioether (sulfide) groups is 1. The first kappa shape index (κ1) is 11.5. The fourth-order valence-corrected chi connectivity index (χ4v) is 2.37. The Morgan fingerprint density at radius 1 is 1.31 bits per heavy atom. The molecule has 1 saturated heterocycles. The van der Waals surface area contributed by atoms with Gasteiger partial charge in [0.1, 0.15) is 0 Å². The third-order valence-electron chi connectivity index (χ3n) is 2.38. The van der Waals surface area contributed by atoms with Gasteiger partial charge in [-0.05, 0) is 17.7 Å². The molecule has 0 atom stereocenters. The van der Waals surface area contributed by atoms with E-state index >= 15 is 0 Å². The van der Waals surface area contributed by atoms with Gasteiger partial charge in [-0.1, -0.05) is 24.0 Å². The van der Waals surface area contributed by atoms with Crippen molar-refractivity contribution < 1.29 is 4.74 Å². The van der Waals surface area contributed by atoms with Crippen LogP contribution in [0.25, 0.3) is 0 Å². The van der Waals surface area contributed by atoms with Crippen LogP contribution in [0.15, 0.2) is 24.3 Å². The molecule has 1 aliphatic heterocycles. The Bertz CT molecular complexity index is 387. The number of hydrogen-bond donors (Lipinski definition) is 1. The minimum absolute atomic E-state index is 0.416. The van der Waals surface area contributed by atoms with Crippen LogP contribution in [-0.4, -0.2) is 25.0 Å². The molecule has 1 aliphatic rings. The molecule has 0 radical (unpaired) electrons. The largest absolute Gasteiger partial charge is 0.379 e. The second kappa shape index (κ2) is 5.95. The first-order valence-electron chi connectivity index (χ1n) is 5.35. The zero-order valence-corrected chi connectivity index (χ0v) is 9.93. The van der Waals surface area contributed by atoms with E-state index in [1.165, 1.54) is 5.56 Å². The number of rotatable bonds is 3. The molecule has 1 fully saturated rings. The maximum absolute atomic E-state index is 5.32. The van der Waals surface area contributed by atoms with Gasteiger partial charge < -0.3 is 10.5 Å². The Balaban J connectivity index is 1.85. The Morgan fingerprint density at radius 2 is 2.06 bits per heavy atom. The predicted molar refractivity (Wildman–Crippen MR) is 68.3 cm³/mol. The number of nitrogens with two attached hydrogens (primary N) is 1. The smallest absolute Gasteiger partial charge is 0.0608 e. The van der Waals surface area contributed by atoms with Crippen molar-refractivity contribution in [1.82, 2.24) is 0 Å². The molecule has 0 spiro atoms. The monoisotopic (exact) mass is 233 g/mol. The summed E-state index contributed by atoms with van der Waals surface area (Å²) >= 11 is 1.96. The standard InChI is InChI=1S/C13H15NOS/c14-7-1-2-11-3-5-12(6-4-11)10-16-13-8-15-9-13/h3-6,13H,7-10,14H2. The molecule has 2 N–H and O–H groups in total. The van der Waals surface area contributed by atoms with Crippen LogP contribution in [0.4, 0.5) is 0 Å². The van der Waals surface area contributed by atoms with Gasteiger partial charge in [-0.25, -0.2) is 0 Å². The molecule has 0 saturated carbocycles. The highest BCUT2D eigenvalue weighted by atomic mass is 32.2. The van der Waals surface area contributed by atoms with Gasteiger partial charge in [0, 0.05) is 11.3 Å². The number of ether oxygens (including phenoxy) is 1. The summed E-state index contributed by atoms with van der Waals surface area (Å²) in [7, 11) is 0. The Morgan fingerprint density at radius 3 is 2.62 bits per heavy atom. The van der Waals surface area contributed by atoms with Crippen molar-refractivity contribution in [3.63, 3.8) is 0 Å². The lowest BCUT2D eigenvalue weighted by molar-refractivity contribution is 0.0455. The van der Waals surface area contributed by atoms with Crippen molar-refractivity contribution in [3.05, 3.63) is 35.4 Å². The van der Waals surface area contributed by atoms with E-state index in [1.54, 1.807) is 0 Å². The summed E-state index contributed by atoms with van der Waals surface area (Å²) in [6.45, 7) is 2.23. The summed E-state index contributed by atoms with van der Waals surface area (Å²) in [5, 5.41) is 0.691. The maximum atomic E-state index is 5.32. The highest BCUT2D eigenvalue weighted by Gasteiger charge is 2.18. The number of benzene rings is 1. The molecule has 0 amide bonds. The third-order valence-corrected chi connectivity index (χ3v) is 3.63. The quantitative estimate of drug-likeness (QED) is 0.806. The van der Waals surface area contributed by atoms with Gasteiger partial charge in [-0.2, -0.15) is 0 Å². The summed E-state index contributed by atoms with van der Waals surface area (Å²) in [5.41, 5.74) is 7.70. The average molecular weight is 233 g/mol. The summed E-state index contributed by atoms with van der Waals surface area (Å²) < 4.78 is 5.14. The molecule has 0 aliphatic carbocycles. The van der Waals surface area contributed by atoms with E-state index in [9.17, 15) is 0 Å². The highest BCUT2D eigenvalue weighted by molar-refractivity contribution is 7.99. The summed E-state index contributed by atoms with van der Waals surface area (Å²) in [4.78, 5) is 0. The van der Waals surface area contributed by atoms with Crippen LogP contribution < -0.4 is 5.73 Å². The minimum Gasteiger partial charge on any atom is -0.379 e. The first-order chi connectivity index (χ1) is 7.88. The second-order valence-corrected chi connectivity index (χ2v) is 4.96. The number of hydrogen-bond acceptors (Lipinski definition) is 3. The summed E-state index contributed by atoms with van der Waals surface area (Å²) in [5.74, 6) is 6.92. The van der Waals surface area contributed by atoms with Crippen LogP contribution in [0, 0.1) is 11.8 Å². The van der Waals surface area contributed by atoms with Gasteiger partial charge in [0.05, 0.1) is 25.0 Å². The Hall–Kier alpha value is -0.950. The van der Waals surface area contributed by atoms with Crippen LogP contribution in [0.5, 0.6) is 0 Å².